The van der Waals surface area contributed by atoms with Gasteiger partial charge in [-0.2, -0.15) is 10.5 Å². The van der Waals surface area contributed by atoms with Crippen LogP contribution >= 0.6 is 69.7 Å². The first-order valence-corrected chi connectivity index (χ1v) is 27.5. The third kappa shape index (κ3) is 9.45. The number of fused-ring (bicyclic) bond motifs is 4. The molecule has 72 heavy (non-hydrogen) atoms. The zero-order chi connectivity index (χ0) is 49.9. The molecule has 2 N–H and O–H groups in total. The second kappa shape index (κ2) is 21.1. The Kier molecular flexibility index (Phi) is 14.2. The number of hydrogen-bond acceptors (Lipinski definition) is 14. The minimum atomic E-state index is -1.33. The lowest BCUT2D eigenvalue weighted by Crippen LogP contribution is -2.17. The minimum absolute atomic E-state index is 0.296. The summed E-state index contributed by atoms with van der Waals surface area (Å²) in [6.45, 7) is 1.25. The van der Waals surface area contributed by atoms with Gasteiger partial charge in [-0.1, -0.05) is 120 Å². The van der Waals surface area contributed by atoms with Gasteiger partial charge in [-0.05, 0) is 81.6 Å². The van der Waals surface area contributed by atoms with E-state index in [4.69, 9.17) is 18.9 Å². The fourth-order valence-electron chi connectivity index (χ4n) is 8.14. The first-order chi connectivity index (χ1) is 35.2. The number of thiophene rings is 2. The van der Waals surface area contributed by atoms with Crippen LogP contribution in [0.1, 0.15) is 20.9 Å². The molecule has 0 saturated carbocycles. The third-order valence-electron chi connectivity index (χ3n) is 11.4. The number of carbonyl (C=O) groups is 2. The highest BCUT2D eigenvalue weighted by atomic mass is 32.3. The van der Waals surface area contributed by atoms with Gasteiger partial charge in [0, 0.05) is 21.6 Å². The van der Waals surface area contributed by atoms with Gasteiger partial charge >= 0.3 is 11.9 Å². The smallest absolute Gasteiger partial charge is 0.346 e. The summed E-state index contributed by atoms with van der Waals surface area (Å²) in [6.07, 6.45) is 6.86. The zero-order valence-corrected chi connectivity index (χ0v) is 42.8. The molecule has 352 valence electrons. The molecule has 0 bridgehead atoms. The predicted molar refractivity (Wildman–Crippen MR) is 294 cm³/mol. The van der Waals surface area contributed by atoms with Crippen LogP contribution in [-0.2, 0) is 9.59 Å². The number of carboxylic acid groups (broad SMARTS) is 2. The van der Waals surface area contributed by atoms with Crippen molar-refractivity contribution in [3.63, 3.8) is 0 Å². The zero-order valence-electron chi connectivity index (χ0n) is 37.9. The first-order valence-electron chi connectivity index (χ1n) is 21.8. The van der Waals surface area contributed by atoms with Crippen molar-refractivity contribution in [2.75, 3.05) is 38.9 Å². The van der Waals surface area contributed by atoms with Gasteiger partial charge in [-0.3, -0.25) is 0 Å². The Morgan fingerprint density at radius 2 is 0.958 bits per heavy atom. The number of hydrogen-bond donors (Lipinski definition) is 2. The first kappa shape index (κ1) is 48.3. The number of nitrogens with zero attached hydrogens (tertiary/aromatic N) is 2. The van der Waals surface area contributed by atoms with Crippen molar-refractivity contribution in [3.8, 4) is 79.7 Å². The number of thioether (sulfide) groups is 4. The molecular weight excluding hydrogens is 1020 g/mol. The van der Waals surface area contributed by atoms with E-state index in [-0.39, 0.29) is 0 Å². The molecule has 0 atom stereocenters. The fourth-order valence-corrected chi connectivity index (χ4v) is 15.5. The second-order valence-electron chi connectivity index (χ2n) is 15.6. The molecule has 10 nitrogen and oxygen atoms in total. The maximum Gasteiger partial charge on any atom is 0.346 e. The van der Waals surface area contributed by atoms with E-state index in [0.29, 0.717) is 64.8 Å². The van der Waals surface area contributed by atoms with E-state index in [1.807, 2.05) is 84.2 Å². The predicted octanol–water partition coefficient (Wildman–Crippen LogP) is 11.6. The van der Waals surface area contributed by atoms with Crippen molar-refractivity contribution in [2.45, 2.75) is 0 Å². The molecule has 0 spiro atoms. The highest BCUT2D eigenvalue weighted by molar-refractivity contribution is 8.45. The summed E-state index contributed by atoms with van der Waals surface area (Å²) >= 11 is 9.73. The average Bonchev–Trinajstić information content (AvgIpc) is 4.12. The number of carboxylic acids is 2. The van der Waals surface area contributed by atoms with Crippen LogP contribution in [0, 0.1) is 46.3 Å². The number of aliphatic carboxylic acids is 2. The standard InChI is InChI=1S/C56H34N2O8S6/c1-67-55-56(68-2)72-54(71-55)45-40-9-5-3-7-38(40)44(39-8-4-6-10-41(39)45)33(17-11-31-13-19-34(20-14-31)50-48-46(63-23-25-65-48)42(69-50)27-36(29-57)52(59)60)18-12-32-15-21-35(22-16-32)51-49-47(64-24-26-66-49)43(70-51)28-37(30-58)53(61)62/h3-10,13-16,19-22,27-28H,23-26H2,1-2H3,(H,59,60)(H,61,62)/b36-27+,37-28+. The van der Waals surface area contributed by atoms with Crippen molar-refractivity contribution in [1.82, 2.24) is 0 Å². The van der Waals surface area contributed by atoms with Gasteiger partial charge in [-0.25, -0.2) is 9.59 Å². The molecule has 5 aromatic carbocycles. The van der Waals surface area contributed by atoms with Crippen LogP contribution in [0.15, 0.2) is 117 Å². The van der Waals surface area contributed by atoms with Crippen LogP contribution in [0.3, 0.4) is 0 Å². The second-order valence-corrected chi connectivity index (χ2v) is 22.2. The molecule has 0 unspecified atom stereocenters. The van der Waals surface area contributed by atoms with Gasteiger partial charge in [-0.15, -0.1) is 46.2 Å². The SMILES string of the molecule is CSC1=C(SC)SC(=c2c3ccccc3c(=C(C#Cc3ccc(-c4sc(/C=C(\C#N)C(=O)O)c5c4OCCO5)cc3)C#Cc3ccc(-c4sc(/C=C(\C#N)C(=O)O)c5c4OCCO5)cc3)c3ccccc23)S1. The summed E-state index contributed by atoms with van der Waals surface area (Å²) in [4.78, 5) is 25.9. The van der Waals surface area contributed by atoms with E-state index >= 15 is 0 Å². The van der Waals surface area contributed by atoms with Gasteiger partial charge in [0.05, 0.1) is 37.8 Å². The van der Waals surface area contributed by atoms with E-state index in [9.17, 15) is 30.3 Å². The summed E-state index contributed by atoms with van der Waals surface area (Å²) in [5.41, 5.74) is 2.89. The van der Waals surface area contributed by atoms with Crippen LogP contribution in [-0.4, -0.2) is 61.1 Å². The molecule has 2 aromatic heterocycles. The van der Waals surface area contributed by atoms with Crippen LogP contribution in [0.5, 0.6) is 23.0 Å². The number of benzene rings is 5. The van der Waals surface area contributed by atoms with Crippen LogP contribution < -0.4 is 29.4 Å². The van der Waals surface area contributed by atoms with Crippen molar-refractivity contribution < 1.29 is 38.7 Å². The van der Waals surface area contributed by atoms with Gasteiger partial charge in [0.25, 0.3) is 0 Å². The quantitative estimate of drug-likeness (QED) is 0.0641. The average molecular weight is 1060 g/mol. The molecular formula is C56H34N2O8S6. The lowest BCUT2D eigenvalue weighted by Gasteiger charge is -2.16. The molecule has 0 fully saturated rings. The molecule has 3 aliphatic heterocycles. The van der Waals surface area contributed by atoms with Crippen molar-refractivity contribution >= 4 is 125 Å². The highest BCUT2D eigenvalue weighted by Crippen LogP contribution is 2.57. The summed E-state index contributed by atoms with van der Waals surface area (Å²) in [5.74, 6) is 13.0. The largest absolute Gasteiger partial charge is 0.485 e. The number of ether oxygens (including phenoxy) is 4. The topological polar surface area (TPSA) is 159 Å². The molecule has 3 aliphatic rings. The minimum Gasteiger partial charge on any atom is -0.485 e. The Balaban J connectivity index is 1.11. The Bertz CT molecular complexity index is 3640. The van der Waals surface area contributed by atoms with Gasteiger partial charge in [0.2, 0.25) is 0 Å². The fraction of sp³-hybridized carbons (Fsp3) is 0.107. The lowest BCUT2D eigenvalue weighted by molar-refractivity contribution is -0.133. The molecule has 0 aliphatic carbocycles. The summed E-state index contributed by atoms with van der Waals surface area (Å²) < 4.78 is 27.7. The van der Waals surface area contributed by atoms with Gasteiger partial charge in [0.15, 0.2) is 23.0 Å². The molecule has 7 aromatic rings. The monoisotopic (exact) mass is 1050 g/mol. The van der Waals surface area contributed by atoms with Crippen molar-refractivity contribution in [1.29, 1.82) is 10.5 Å². The van der Waals surface area contributed by atoms with E-state index in [0.717, 1.165) is 58.8 Å². The summed E-state index contributed by atoms with van der Waals surface area (Å²) in [6, 6.07) is 35.7. The molecule has 0 radical (unpaired) electrons. The summed E-state index contributed by atoms with van der Waals surface area (Å²) in [5, 5.41) is 44.3. The normalized spacial score (nSPS) is 14.0. The maximum atomic E-state index is 11.7. The van der Waals surface area contributed by atoms with Gasteiger partial charge in [0.1, 0.15) is 49.7 Å². The molecule has 5 heterocycles. The van der Waals surface area contributed by atoms with E-state index < -0.39 is 23.1 Å². The lowest BCUT2D eigenvalue weighted by atomic mass is 9.95. The van der Waals surface area contributed by atoms with E-state index in [2.05, 4.69) is 72.6 Å². The Labute approximate surface area is 438 Å². The van der Waals surface area contributed by atoms with Crippen LogP contribution in [0.2, 0.25) is 0 Å². The van der Waals surface area contributed by atoms with Gasteiger partial charge < -0.3 is 29.2 Å². The van der Waals surface area contributed by atoms with E-state index in [1.54, 1.807) is 35.7 Å². The number of rotatable bonds is 8. The Morgan fingerprint density at radius 3 is 1.33 bits per heavy atom. The van der Waals surface area contributed by atoms with Crippen molar-refractivity contribution in [2.24, 2.45) is 0 Å². The van der Waals surface area contributed by atoms with Crippen LogP contribution in [0.25, 0.3) is 64.4 Å². The molecule has 10 rings (SSSR count). The molecule has 16 heteroatoms. The van der Waals surface area contributed by atoms with Crippen LogP contribution in [0.4, 0.5) is 0 Å². The third-order valence-corrected chi connectivity index (χ3v) is 18.9. The highest BCUT2D eigenvalue weighted by Gasteiger charge is 2.28. The van der Waals surface area contributed by atoms with Crippen molar-refractivity contribution in [3.05, 3.63) is 148 Å². The maximum absolute atomic E-state index is 11.7. The number of nitriles is 2. The summed E-state index contributed by atoms with van der Waals surface area (Å²) in [7, 11) is 0. The van der Waals surface area contributed by atoms with E-state index in [1.165, 1.54) is 52.8 Å². The molecule has 0 amide bonds. The Hall–Kier alpha value is -7.38. The Morgan fingerprint density at radius 1 is 0.569 bits per heavy atom. The molecule has 0 saturated heterocycles.